The third-order valence-corrected chi connectivity index (χ3v) is 4.80. The summed E-state index contributed by atoms with van der Waals surface area (Å²) in [5, 5.41) is 7.19. The number of halogens is 1. The van der Waals surface area contributed by atoms with Gasteiger partial charge in [0.05, 0.1) is 19.9 Å². The summed E-state index contributed by atoms with van der Waals surface area (Å²) < 4.78 is 16.2. The topological polar surface area (TPSA) is 99.4 Å². The molecule has 8 nitrogen and oxygen atoms in total. The maximum absolute atomic E-state index is 11.8. The van der Waals surface area contributed by atoms with Crippen LogP contribution in [0.3, 0.4) is 0 Å². The van der Waals surface area contributed by atoms with Crippen molar-refractivity contribution < 1.29 is 18.8 Å². The molecule has 0 radical (unpaired) electrons. The molecule has 0 atom stereocenters. The van der Waals surface area contributed by atoms with Gasteiger partial charge in [0, 0.05) is 16.2 Å². The van der Waals surface area contributed by atoms with Gasteiger partial charge in [-0.1, -0.05) is 21.1 Å². The molecule has 0 saturated carbocycles. The van der Waals surface area contributed by atoms with Crippen molar-refractivity contribution in [3.05, 3.63) is 45.8 Å². The summed E-state index contributed by atoms with van der Waals surface area (Å²) >= 11 is 3.41. The second kappa shape index (κ2) is 6.99. The Morgan fingerprint density at radius 3 is 2.89 bits per heavy atom. The highest BCUT2D eigenvalue weighted by atomic mass is 79.9. The molecule has 1 aromatic carbocycles. The van der Waals surface area contributed by atoms with Crippen LogP contribution in [0.25, 0.3) is 11.4 Å². The zero-order chi connectivity index (χ0) is 19.0. The van der Waals surface area contributed by atoms with Crippen LogP contribution in [0.4, 0.5) is 11.6 Å². The highest BCUT2D eigenvalue weighted by Gasteiger charge is 2.29. The molecule has 2 aromatic heterocycles. The number of ether oxygens (including phenoxy) is 2. The predicted molar refractivity (Wildman–Crippen MR) is 100 cm³/mol. The normalized spacial score (nSPS) is 12.1. The summed E-state index contributed by atoms with van der Waals surface area (Å²) in [4.78, 5) is 20.8. The number of aryl methyl sites for hydroxylation is 1. The van der Waals surface area contributed by atoms with Gasteiger partial charge in [0.25, 0.3) is 0 Å². The molecule has 0 unspecified atom stereocenters. The number of methoxy groups -OCH3 is 2. The quantitative estimate of drug-likeness (QED) is 0.627. The summed E-state index contributed by atoms with van der Waals surface area (Å²) in [7, 11) is 2.90. The van der Waals surface area contributed by atoms with E-state index in [2.05, 4.69) is 36.4 Å². The lowest BCUT2D eigenvalue weighted by atomic mass is 9.94. The Morgan fingerprint density at radius 2 is 2.11 bits per heavy atom. The fraction of sp³-hybridized carbons (Fsp3) is 0.222. The number of benzene rings is 1. The number of nitrogens with zero attached hydrogens (tertiary/aromatic N) is 3. The average Bonchev–Trinajstić information content (AvgIpc) is 3.13. The highest BCUT2D eigenvalue weighted by Crippen LogP contribution is 2.35. The summed E-state index contributed by atoms with van der Waals surface area (Å²) in [5.74, 6) is 0.630. The summed E-state index contributed by atoms with van der Waals surface area (Å²) in [6, 6.07) is 5.60. The smallest absolute Gasteiger partial charge is 0.377 e. The minimum atomic E-state index is -0.542. The van der Waals surface area contributed by atoms with Crippen LogP contribution in [0.15, 0.2) is 33.4 Å². The van der Waals surface area contributed by atoms with Crippen molar-refractivity contribution >= 4 is 33.5 Å². The minimum absolute atomic E-state index is 0.126. The number of rotatable bonds is 4. The van der Waals surface area contributed by atoms with Gasteiger partial charge < -0.3 is 19.3 Å². The molecule has 27 heavy (non-hydrogen) atoms. The van der Waals surface area contributed by atoms with Crippen LogP contribution in [-0.2, 0) is 17.6 Å². The van der Waals surface area contributed by atoms with Gasteiger partial charge in [0.1, 0.15) is 17.1 Å². The Morgan fingerprint density at radius 1 is 1.26 bits per heavy atom. The van der Waals surface area contributed by atoms with Crippen molar-refractivity contribution in [2.24, 2.45) is 0 Å². The molecule has 3 aromatic rings. The Kier molecular flexibility index (Phi) is 4.53. The first kappa shape index (κ1) is 17.5. The van der Waals surface area contributed by atoms with Crippen molar-refractivity contribution in [3.8, 4) is 17.1 Å². The van der Waals surface area contributed by atoms with E-state index in [4.69, 9.17) is 14.0 Å². The first-order valence-electron chi connectivity index (χ1n) is 8.14. The molecule has 1 N–H and O–H groups in total. The Hall–Kier alpha value is -2.94. The van der Waals surface area contributed by atoms with E-state index >= 15 is 0 Å². The first-order chi connectivity index (χ1) is 13.1. The zero-order valence-corrected chi connectivity index (χ0v) is 16.2. The number of carbonyl (C=O) groups is 1. The Balaban J connectivity index is 1.71. The molecular formula is C18H15BrN4O4. The lowest BCUT2D eigenvalue weighted by Crippen LogP contribution is -2.11. The lowest BCUT2D eigenvalue weighted by Gasteiger charge is -2.15. The van der Waals surface area contributed by atoms with E-state index < -0.39 is 5.97 Å². The van der Waals surface area contributed by atoms with Crippen molar-refractivity contribution in [2.45, 2.75) is 12.8 Å². The van der Waals surface area contributed by atoms with Gasteiger partial charge in [-0.2, -0.15) is 0 Å². The summed E-state index contributed by atoms with van der Waals surface area (Å²) in [6.45, 7) is 0. The molecule has 0 spiro atoms. The molecule has 138 valence electrons. The number of nitrogens with one attached hydrogen (secondary N) is 1. The van der Waals surface area contributed by atoms with E-state index in [9.17, 15) is 4.79 Å². The second-order valence-corrected chi connectivity index (χ2v) is 6.78. The van der Waals surface area contributed by atoms with E-state index in [-0.39, 0.29) is 5.76 Å². The molecule has 0 fully saturated rings. The maximum Gasteiger partial charge on any atom is 0.377 e. The van der Waals surface area contributed by atoms with Gasteiger partial charge in [-0.15, -0.1) is 0 Å². The number of hydrogen-bond acceptors (Lipinski definition) is 8. The number of anilines is 2. The first-order valence-corrected chi connectivity index (χ1v) is 8.93. The van der Waals surface area contributed by atoms with Crippen molar-refractivity contribution in [1.29, 1.82) is 0 Å². The second-order valence-electron chi connectivity index (χ2n) is 5.87. The largest absolute Gasteiger partial charge is 0.495 e. The van der Waals surface area contributed by atoms with E-state index in [1.165, 1.54) is 7.11 Å². The van der Waals surface area contributed by atoms with Crippen LogP contribution in [0, 0.1) is 0 Å². The number of hydrogen-bond donors (Lipinski definition) is 1. The third-order valence-electron chi connectivity index (χ3n) is 4.30. The van der Waals surface area contributed by atoms with Gasteiger partial charge in [0.2, 0.25) is 11.7 Å². The van der Waals surface area contributed by atoms with Gasteiger partial charge in [0.15, 0.2) is 0 Å². The lowest BCUT2D eigenvalue weighted by molar-refractivity contribution is 0.0553. The molecule has 1 aliphatic carbocycles. The highest BCUT2D eigenvalue weighted by molar-refractivity contribution is 9.10. The van der Waals surface area contributed by atoms with Gasteiger partial charge in [-0.05, 0) is 36.6 Å². The Labute approximate surface area is 163 Å². The number of aromatic nitrogens is 3. The zero-order valence-electron chi connectivity index (χ0n) is 14.6. The van der Waals surface area contributed by atoms with Gasteiger partial charge in [-0.25, -0.2) is 14.8 Å². The molecular weight excluding hydrogens is 416 g/mol. The van der Waals surface area contributed by atoms with Crippen molar-refractivity contribution in [3.63, 3.8) is 0 Å². The Bertz CT molecular complexity index is 1030. The molecule has 9 heteroatoms. The molecule has 1 aliphatic rings. The summed E-state index contributed by atoms with van der Waals surface area (Å²) in [6.07, 6.45) is 3.06. The molecule has 2 heterocycles. The number of fused-ring (bicyclic) bond motifs is 3. The minimum Gasteiger partial charge on any atom is -0.495 e. The van der Waals surface area contributed by atoms with Crippen molar-refractivity contribution in [1.82, 2.24) is 15.1 Å². The van der Waals surface area contributed by atoms with Gasteiger partial charge in [-0.3, -0.25) is 0 Å². The molecule has 0 amide bonds. The maximum atomic E-state index is 11.8. The summed E-state index contributed by atoms with van der Waals surface area (Å²) in [5.41, 5.74) is 3.57. The fourth-order valence-corrected chi connectivity index (χ4v) is 3.32. The molecule has 0 bridgehead atoms. The van der Waals surface area contributed by atoms with Crippen LogP contribution in [-0.4, -0.2) is 35.3 Å². The van der Waals surface area contributed by atoms with Gasteiger partial charge >= 0.3 is 5.97 Å². The standard InChI is InChI=1S/C18H15BrN4O4/c1-25-13-7-10(19)4-6-12(13)21-18-20-8-9-3-5-11-15(14(9)22-18)23-27-16(11)17(24)26-2/h4,6-8H,3,5H2,1-2H3,(H,20,21,22). The van der Waals surface area contributed by atoms with Crippen LogP contribution in [0.1, 0.15) is 21.7 Å². The van der Waals surface area contributed by atoms with Crippen LogP contribution in [0.2, 0.25) is 0 Å². The molecule has 0 aliphatic heterocycles. The van der Waals surface area contributed by atoms with Crippen LogP contribution in [0.5, 0.6) is 5.75 Å². The van der Waals surface area contributed by atoms with E-state index in [0.29, 0.717) is 41.5 Å². The van der Waals surface area contributed by atoms with E-state index in [0.717, 1.165) is 15.7 Å². The molecule has 4 rings (SSSR count). The SMILES string of the molecule is COC(=O)c1onc2c1CCc1cnc(Nc3ccc(Br)cc3OC)nc1-2. The predicted octanol–water partition coefficient (Wildman–Crippen LogP) is 3.53. The number of carbonyl (C=O) groups excluding carboxylic acids is 1. The average molecular weight is 431 g/mol. The van der Waals surface area contributed by atoms with Crippen LogP contribution >= 0.6 is 15.9 Å². The fourth-order valence-electron chi connectivity index (χ4n) is 2.98. The third kappa shape index (κ3) is 3.14. The number of esters is 1. The van der Waals surface area contributed by atoms with Crippen LogP contribution < -0.4 is 10.1 Å². The van der Waals surface area contributed by atoms with E-state index in [1.54, 1.807) is 13.3 Å². The molecule has 0 saturated heterocycles. The van der Waals surface area contributed by atoms with E-state index in [1.807, 2.05) is 18.2 Å². The monoisotopic (exact) mass is 430 g/mol. The van der Waals surface area contributed by atoms with Crippen molar-refractivity contribution in [2.75, 3.05) is 19.5 Å².